The lowest BCUT2D eigenvalue weighted by atomic mass is 9.93. The largest absolute Gasteiger partial charge is 0.452 e. The zero-order valence-corrected chi connectivity index (χ0v) is 15.6. The molecule has 0 atom stereocenters. The number of halogens is 1. The molecule has 0 bridgehead atoms. The van der Waals surface area contributed by atoms with Gasteiger partial charge in [0, 0.05) is 19.2 Å². The van der Waals surface area contributed by atoms with E-state index in [1.165, 1.54) is 6.07 Å². The molecule has 1 rings (SSSR count). The Hall–Kier alpha value is -0.410. The molecule has 0 saturated carbocycles. The van der Waals surface area contributed by atoms with Crippen molar-refractivity contribution in [2.45, 2.75) is 25.3 Å². The predicted octanol–water partition coefficient (Wildman–Crippen LogP) is 1.63. The molecule has 1 heterocycles. The molecule has 0 amide bonds. The van der Waals surface area contributed by atoms with Crippen LogP contribution in [0.2, 0.25) is 0 Å². The number of nitrogens with zero attached hydrogens (tertiary/aromatic N) is 1. The second-order valence-electron chi connectivity index (χ2n) is 6.11. The lowest BCUT2D eigenvalue weighted by Crippen LogP contribution is -2.39. The van der Waals surface area contributed by atoms with Gasteiger partial charge in [-0.05, 0) is 42.5 Å². The van der Waals surface area contributed by atoms with E-state index in [2.05, 4.69) is 26.0 Å². The molecule has 0 aromatic carbocycles. The fraction of sp³-hybridized carbons (Fsp3) is 0.692. The Morgan fingerprint density at radius 3 is 2.52 bits per heavy atom. The first-order valence-electron chi connectivity index (χ1n) is 6.64. The van der Waals surface area contributed by atoms with Gasteiger partial charge in [-0.2, -0.15) is 0 Å². The van der Waals surface area contributed by atoms with Crippen LogP contribution in [0.3, 0.4) is 0 Å². The second-order valence-corrected chi connectivity index (χ2v) is 8.56. The number of sulfonamides is 1. The van der Waals surface area contributed by atoms with Crippen molar-refractivity contribution < 1.29 is 12.8 Å². The normalized spacial score (nSPS) is 13.1. The average molecular weight is 382 g/mol. The molecular formula is C13H24BrN3O3S. The molecule has 21 heavy (non-hydrogen) atoms. The molecule has 0 aliphatic heterocycles. The molecule has 0 radical (unpaired) electrons. The van der Waals surface area contributed by atoms with Crippen molar-refractivity contribution >= 4 is 26.0 Å². The fourth-order valence-corrected chi connectivity index (χ4v) is 4.36. The van der Waals surface area contributed by atoms with Crippen LogP contribution in [0, 0.1) is 5.41 Å². The maximum absolute atomic E-state index is 12.4. The number of hydrogen-bond acceptors (Lipinski definition) is 5. The minimum Gasteiger partial charge on any atom is -0.452 e. The van der Waals surface area contributed by atoms with Gasteiger partial charge >= 0.3 is 0 Å². The molecule has 1 aromatic heterocycles. The van der Waals surface area contributed by atoms with Gasteiger partial charge in [0.15, 0.2) is 4.67 Å². The van der Waals surface area contributed by atoms with Gasteiger partial charge in [-0.1, -0.05) is 13.8 Å². The van der Waals surface area contributed by atoms with Crippen LogP contribution in [0.15, 0.2) is 20.0 Å². The summed E-state index contributed by atoms with van der Waals surface area (Å²) in [4.78, 5) is 2.17. The monoisotopic (exact) mass is 381 g/mol. The van der Waals surface area contributed by atoms with E-state index < -0.39 is 10.0 Å². The third-order valence-corrected chi connectivity index (χ3v) is 5.09. The predicted molar refractivity (Wildman–Crippen MR) is 86.7 cm³/mol. The van der Waals surface area contributed by atoms with E-state index in [0.717, 1.165) is 6.54 Å². The first-order chi connectivity index (χ1) is 9.57. The summed E-state index contributed by atoms with van der Waals surface area (Å²) >= 11 is 3.16. The van der Waals surface area contributed by atoms with Gasteiger partial charge in [-0.15, -0.1) is 0 Å². The molecule has 0 unspecified atom stereocenters. The van der Waals surface area contributed by atoms with Crippen molar-refractivity contribution in [1.29, 1.82) is 0 Å². The van der Waals surface area contributed by atoms with Crippen molar-refractivity contribution in [1.82, 2.24) is 14.9 Å². The van der Waals surface area contributed by atoms with Gasteiger partial charge < -0.3 is 14.6 Å². The van der Waals surface area contributed by atoms with E-state index in [0.29, 0.717) is 18.8 Å². The van der Waals surface area contributed by atoms with Crippen LogP contribution in [-0.2, 0) is 16.6 Å². The minimum atomic E-state index is -3.59. The van der Waals surface area contributed by atoms with E-state index >= 15 is 0 Å². The highest BCUT2D eigenvalue weighted by Crippen LogP contribution is 2.26. The standard InChI is InChI=1S/C13H24BrN3O3S/c1-13(2,9-17(4)5)8-16-21(18,19)11-6-10(7-15-3)20-12(11)14/h6,15-16H,7-9H2,1-5H3. The Balaban J connectivity index is 2.82. The number of nitrogens with one attached hydrogen (secondary N) is 2. The highest BCUT2D eigenvalue weighted by atomic mass is 79.9. The Labute approximate surface area is 135 Å². The van der Waals surface area contributed by atoms with E-state index in [1.807, 2.05) is 32.8 Å². The Morgan fingerprint density at radius 2 is 2.00 bits per heavy atom. The average Bonchev–Trinajstić information content (AvgIpc) is 2.68. The molecule has 1 aromatic rings. The van der Waals surface area contributed by atoms with Gasteiger partial charge in [0.2, 0.25) is 10.0 Å². The molecule has 0 saturated heterocycles. The van der Waals surface area contributed by atoms with E-state index in [1.54, 1.807) is 7.05 Å². The van der Waals surface area contributed by atoms with Crippen LogP contribution in [0.1, 0.15) is 19.6 Å². The SMILES string of the molecule is CNCc1cc(S(=O)(=O)NCC(C)(C)CN(C)C)c(Br)o1. The maximum atomic E-state index is 12.4. The summed E-state index contributed by atoms with van der Waals surface area (Å²) in [6.45, 7) is 5.65. The molecule has 0 aliphatic carbocycles. The van der Waals surface area contributed by atoms with Gasteiger partial charge in [-0.25, -0.2) is 13.1 Å². The summed E-state index contributed by atoms with van der Waals surface area (Å²) in [5, 5.41) is 2.92. The van der Waals surface area contributed by atoms with Crippen molar-refractivity contribution in [3.05, 3.63) is 16.5 Å². The third kappa shape index (κ3) is 5.71. The zero-order valence-electron chi connectivity index (χ0n) is 13.2. The summed E-state index contributed by atoms with van der Waals surface area (Å²) in [7, 11) is 2.11. The molecule has 0 spiro atoms. The van der Waals surface area contributed by atoms with E-state index in [4.69, 9.17) is 4.42 Å². The van der Waals surface area contributed by atoms with Crippen LogP contribution in [-0.4, -0.2) is 47.6 Å². The van der Waals surface area contributed by atoms with Gasteiger partial charge in [0.05, 0.1) is 6.54 Å². The van der Waals surface area contributed by atoms with Crippen molar-refractivity contribution in [3.63, 3.8) is 0 Å². The minimum absolute atomic E-state index is 0.133. The zero-order chi connectivity index (χ0) is 16.3. The number of rotatable bonds is 8. The van der Waals surface area contributed by atoms with Crippen molar-refractivity contribution in [2.24, 2.45) is 5.41 Å². The Bertz CT molecular complexity index is 567. The lowest BCUT2D eigenvalue weighted by molar-refractivity contribution is 0.242. The summed E-state index contributed by atoms with van der Waals surface area (Å²) in [5.41, 5.74) is -0.166. The highest BCUT2D eigenvalue weighted by molar-refractivity contribution is 9.10. The summed E-state index contributed by atoms with van der Waals surface area (Å²) in [5.74, 6) is 0.567. The van der Waals surface area contributed by atoms with Crippen LogP contribution < -0.4 is 10.0 Å². The quantitative estimate of drug-likeness (QED) is 0.715. The molecular weight excluding hydrogens is 358 g/mol. The first kappa shape index (κ1) is 18.6. The lowest BCUT2D eigenvalue weighted by Gasteiger charge is -2.28. The topological polar surface area (TPSA) is 74.6 Å². The molecule has 6 nitrogen and oxygen atoms in total. The Kier molecular flexibility index (Phi) is 6.42. The molecule has 8 heteroatoms. The van der Waals surface area contributed by atoms with Gasteiger partial charge in [0.1, 0.15) is 10.7 Å². The molecule has 0 fully saturated rings. The molecule has 2 N–H and O–H groups in total. The Morgan fingerprint density at radius 1 is 1.38 bits per heavy atom. The smallest absolute Gasteiger partial charge is 0.244 e. The van der Waals surface area contributed by atoms with Crippen LogP contribution in [0.5, 0.6) is 0 Å². The number of furan rings is 1. The van der Waals surface area contributed by atoms with Crippen molar-refractivity contribution in [2.75, 3.05) is 34.2 Å². The van der Waals surface area contributed by atoms with E-state index in [9.17, 15) is 8.42 Å². The van der Waals surface area contributed by atoms with Crippen LogP contribution >= 0.6 is 15.9 Å². The summed E-state index contributed by atoms with van der Waals surface area (Å²) in [6, 6.07) is 1.53. The summed E-state index contributed by atoms with van der Waals surface area (Å²) < 4.78 is 33.0. The fourth-order valence-electron chi connectivity index (χ4n) is 2.12. The molecule has 122 valence electrons. The summed E-state index contributed by atoms with van der Waals surface area (Å²) in [6.07, 6.45) is 0. The molecule has 0 aliphatic rings. The van der Waals surface area contributed by atoms with Gasteiger partial charge in [-0.3, -0.25) is 0 Å². The first-order valence-corrected chi connectivity index (χ1v) is 8.92. The highest BCUT2D eigenvalue weighted by Gasteiger charge is 2.26. The van der Waals surface area contributed by atoms with Crippen LogP contribution in [0.4, 0.5) is 0 Å². The van der Waals surface area contributed by atoms with Crippen molar-refractivity contribution in [3.8, 4) is 0 Å². The van der Waals surface area contributed by atoms with Crippen LogP contribution in [0.25, 0.3) is 0 Å². The number of hydrogen-bond donors (Lipinski definition) is 2. The van der Waals surface area contributed by atoms with E-state index in [-0.39, 0.29) is 15.0 Å². The second kappa shape index (κ2) is 7.23. The van der Waals surface area contributed by atoms with Gasteiger partial charge in [0.25, 0.3) is 0 Å². The third-order valence-electron chi connectivity index (χ3n) is 2.83. The maximum Gasteiger partial charge on any atom is 0.244 e.